The lowest BCUT2D eigenvalue weighted by Crippen LogP contribution is -2.31. The van der Waals surface area contributed by atoms with Crippen LogP contribution in [0.15, 0.2) is 10.7 Å². The topological polar surface area (TPSA) is 102 Å². The molecule has 8 nitrogen and oxygen atoms in total. The summed E-state index contributed by atoms with van der Waals surface area (Å²) in [6.45, 7) is 5.09. The molecule has 120 valence electrons. The van der Waals surface area contributed by atoms with Crippen LogP contribution in [-0.4, -0.2) is 56.2 Å². The summed E-state index contributed by atoms with van der Waals surface area (Å²) in [7, 11) is -3.17. The van der Waals surface area contributed by atoms with Gasteiger partial charge in [-0.2, -0.15) is 4.98 Å². The van der Waals surface area contributed by atoms with Gasteiger partial charge in [0.2, 0.25) is 10.0 Å². The first-order chi connectivity index (χ1) is 9.88. The first-order valence-electron chi connectivity index (χ1n) is 6.70. The fourth-order valence-corrected chi connectivity index (χ4v) is 2.59. The van der Waals surface area contributed by atoms with Gasteiger partial charge in [-0.05, 0) is 13.3 Å². The molecular formula is C12H21N3O5S. The number of anilines is 1. The van der Waals surface area contributed by atoms with Crippen molar-refractivity contribution in [3.63, 3.8) is 0 Å². The third-order valence-electron chi connectivity index (χ3n) is 2.67. The van der Waals surface area contributed by atoms with Crippen molar-refractivity contribution >= 4 is 22.0 Å². The summed E-state index contributed by atoms with van der Waals surface area (Å²) in [6.07, 6.45) is 3.00. The number of rotatable bonds is 9. The van der Waals surface area contributed by atoms with Crippen LogP contribution in [0.25, 0.3) is 0 Å². The second-order valence-corrected chi connectivity index (χ2v) is 6.28. The molecule has 0 saturated heterocycles. The third-order valence-corrected chi connectivity index (χ3v) is 4.05. The SMILES string of the molecule is CCOC(=O)c1coc(NCCCN(CC)S(C)(=O)=O)n1. The van der Waals surface area contributed by atoms with E-state index in [0.717, 1.165) is 0 Å². The highest BCUT2D eigenvalue weighted by molar-refractivity contribution is 7.88. The Morgan fingerprint density at radius 3 is 2.76 bits per heavy atom. The normalized spacial score (nSPS) is 11.6. The maximum absolute atomic E-state index is 11.4. The van der Waals surface area contributed by atoms with E-state index in [2.05, 4.69) is 10.3 Å². The molecule has 1 rings (SSSR count). The summed E-state index contributed by atoms with van der Waals surface area (Å²) >= 11 is 0. The maximum Gasteiger partial charge on any atom is 0.360 e. The van der Waals surface area contributed by atoms with Gasteiger partial charge >= 0.3 is 5.97 Å². The molecule has 1 heterocycles. The standard InChI is InChI=1S/C12H21N3O5S/c1-4-15(21(3,17)18)8-6-7-13-12-14-10(9-20-12)11(16)19-5-2/h9H,4-8H2,1-3H3,(H,13,14). The van der Waals surface area contributed by atoms with Crippen LogP contribution in [-0.2, 0) is 14.8 Å². The smallest absolute Gasteiger partial charge is 0.360 e. The lowest BCUT2D eigenvalue weighted by atomic mass is 10.4. The molecule has 0 fully saturated rings. The summed E-state index contributed by atoms with van der Waals surface area (Å²) in [5, 5.41) is 2.89. The van der Waals surface area contributed by atoms with Gasteiger partial charge in [0.25, 0.3) is 6.01 Å². The van der Waals surface area contributed by atoms with Gasteiger partial charge in [0.05, 0.1) is 12.9 Å². The van der Waals surface area contributed by atoms with Gasteiger partial charge in [-0.3, -0.25) is 0 Å². The highest BCUT2D eigenvalue weighted by Gasteiger charge is 2.14. The average Bonchev–Trinajstić information content (AvgIpc) is 2.86. The number of ether oxygens (including phenoxy) is 1. The summed E-state index contributed by atoms with van der Waals surface area (Å²) in [6, 6.07) is 0.209. The number of carbonyl (C=O) groups is 1. The first-order valence-corrected chi connectivity index (χ1v) is 8.55. The highest BCUT2D eigenvalue weighted by Crippen LogP contribution is 2.09. The molecule has 1 N–H and O–H groups in total. The van der Waals surface area contributed by atoms with Crippen LogP contribution in [0.2, 0.25) is 0 Å². The number of hydrogen-bond donors (Lipinski definition) is 1. The van der Waals surface area contributed by atoms with Gasteiger partial charge in [0.1, 0.15) is 6.26 Å². The van der Waals surface area contributed by atoms with E-state index in [-0.39, 0.29) is 18.3 Å². The minimum atomic E-state index is -3.17. The van der Waals surface area contributed by atoms with Gasteiger partial charge in [-0.25, -0.2) is 17.5 Å². The van der Waals surface area contributed by atoms with Crippen molar-refractivity contribution in [1.82, 2.24) is 9.29 Å². The molecule has 0 aromatic carbocycles. The summed E-state index contributed by atoms with van der Waals surface area (Å²) in [4.78, 5) is 15.3. The molecule has 0 unspecified atom stereocenters. The minimum absolute atomic E-state index is 0.102. The molecule has 1 aromatic rings. The number of aromatic nitrogens is 1. The zero-order chi connectivity index (χ0) is 15.9. The molecule has 0 bridgehead atoms. The second-order valence-electron chi connectivity index (χ2n) is 4.29. The van der Waals surface area contributed by atoms with Crippen molar-refractivity contribution in [2.45, 2.75) is 20.3 Å². The van der Waals surface area contributed by atoms with E-state index >= 15 is 0 Å². The largest absolute Gasteiger partial charge is 0.461 e. The van der Waals surface area contributed by atoms with Crippen LogP contribution in [0.1, 0.15) is 30.8 Å². The van der Waals surface area contributed by atoms with Crippen molar-refractivity contribution < 1.29 is 22.4 Å². The number of nitrogens with zero attached hydrogens (tertiary/aromatic N) is 2. The summed E-state index contributed by atoms with van der Waals surface area (Å²) < 4.78 is 34.0. The molecule has 0 aliphatic carbocycles. The van der Waals surface area contributed by atoms with E-state index in [4.69, 9.17) is 9.15 Å². The molecule has 9 heteroatoms. The van der Waals surface area contributed by atoms with Crippen LogP contribution in [0, 0.1) is 0 Å². The van der Waals surface area contributed by atoms with Crippen molar-refractivity contribution in [2.24, 2.45) is 0 Å². The van der Waals surface area contributed by atoms with E-state index in [9.17, 15) is 13.2 Å². The van der Waals surface area contributed by atoms with Crippen molar-refractivity contribution in [3.05, 3.63) is 12.0 Å². The number of sulfonamides is 1. The number of esters is 1. The Kier molecular flexibility index (Phi) is 6.63. The molecule has 0 radical (unpaired) electrons. The fraction of sp³-hybridized carbons (Fsp3) is 0.667. The molecule has 21 heavy (non-hydrogen) atoms. The first kappa shape index (κ1) is 17.4. The second kappa shape index (κ2) is 7.99. The van der Waals surface area contributed by atoms with Gasteiger partial charge in [0, 0.05) is 19.6 Å². The van der Waals surface area contributed by atoms with E-state index in [1.54, 1.807) is 13.8 Å². The minimum Gasteiger partial charge on any atom is -0.461 e. The lowest BCUT2D eigenvalue weighted by Gasteiger charge is -2.17. The van der Waals surface area contributed by atoms with E-state index in [1.165, 1.54) is 16.8 Å². The molecule has 1 aromatic heterocycles. The van der Waals surface area contributed by atoms with E-state index in [1.807, 2.05) is 0 Å². The zero-order valence-corrected chi connectivity index (χ0v) is 13.3. The van der Waals surface area contributed by atoms with Gasteiger partial charge in [-0.15, -0.1) is 0 Å². The van der Waals surface area contributed by atoms with Crippen molar-refractivity contribution in [2.75, 3.05) is 37.8 Å². The number of hydrogen-bond acceptors (Lipinski definition) is 7. The average molecular weight is 319 g/mol. The van der Waals surface area contributed by atoms with Crippen LogP contribution in [0.3, 0.4) is 0 Å². The molecule has 0 atom stereocenters. The van der Waals surface area contributed by atoms with Gasteiger partial charge in [-0.1, -0.05) is 6.92 Å². The number of oxazole rings is 1. The van der Waals surface area contributed by atoms with E-state index < -0.39 is 16.0 Å². The van der Waals surface area contributed by atoms with Gasteiger partial charge in [0.15, 0.2) is 5.69 Å². The highest BCUT2D eigenvalue weighted by atomic mass is 32.2. The van der Waals surface area contributed by atoms with Crippen molar-refractivity contribution in [1.29, 1.82) is 0 Å². The summed E-state index contributed by atoms with van der Waals surface area (Å²) in [5.41, 5.74) is 0.102. The lowest BCUT2D eigenvalue weighted by molar-refractivity contribution is 0.0519. The Balaban J connectivity index is 2.38. The van der Waals surface area contributed by atoms with Gasteiger partial charge < -0.3 is 14.5 Å². The summed E-state index contributed by atoms with van der Waals surface area (Å²) in [5.74, 6) is -0.538. The fourth-order valence-electron chi connectivity index (χ4n) is 1.66. The molecule has 0 amide bonds. The Labute approximate surface area is 124 Å². The van der Waals surface area contributed by atoms with E-state index in [0.29, 0.717) is 26.1 Å². The predicted octanol–water partition coefficient (Wildman–Crippen LogP) is 0.935. The zero-order valence-electron chi connectivity index (χ0n) is 12.5. The van der Waals surface area contributed by atoms with Crippen molar-refractivity contribution in [3.8, 4) is 0 Å². The predicted molar refractivity (Wildman–Crippen MR) is 77.7 cm³/mol. The quantitative estimate of drug-likeness (QED) is 0.533. The Morgan fingerprint density at radius 2 is 2.19 bits per heavy atom. The van der Waals surface area contributed by atoms with Crippen LogP contribution in [0.5, 0.6) is 0 Å². The Bertz CT molecular complexity index is 555. The Hall–Kier alpha value is -1.61. The number of nitrogens with one attached hydrogen (secondary N) is 1. The van der Waals surface area contributed by atoms with Crippen LogP contribution < -0.4 is 5.32 Å². The maximum atomic E-state index is 11.4. The molecule has 0 aliphatic heterocycles. The monoisotopic (exact) mass is 319 g/mol. The third kappa shape index (κ3) is 5.72. The Morgan fingerprint density at radius 1 is 1.48 bits per heavy atom. The van der Waals surface area contributed by atoms with Crippen LogP contribution in [0.4, 0.5) is 6.01 Å². The molecular weight excluding hydrogens is 298 g/mol. The molecule has 0 saturated carbocycles. The van der Waals surface area contributed by atoms with Crippen LogP contribution >= 0.6 is 0 Å². The number of carbonyl (C=O) groups excluding carboxylic acids is 1. The molecule has 0 aliphatic rings. The molecule has 0 spiro atoms.